The molecule has 0 N–H and O–H groups in total. The van der Waals surface area contributed by atoms with Crippen LogP contribution in [-0.4, -0.2) is 55.9 Å². The summed E-state index contributed by atoms with van der Waals surface area (Å²) in [6.07, 6.45) is 0. The summed E-state index contributed by atoms with van der Waals surface area (Å²) in [7, 11) is -9.03. The van der Waals surface area contributed by atoms with E-state index in [2.05, 4.69) is 129 Å². The molecule has 0 amide bonds. The van der Waals surface area contributed by atoms with E-state index >= 15 is 0 Å². The first-order chi connectivity index (χ1) is 12.1. The first kappa shape index (κ1) is 31.1. The molecule has 29 heavy (non-hydrogen) atoms. The Morgan fingerprint density at radius 1 is 0.310 bits per heavy atom. The van der Waals surface area contributed by atoms with Crippen molar-refractivity contribution in [3.05, 3.63) is 0 Å². The summed E-state index contributed by atoms with van der Waals surface area (Å²) in [5.41, 5.74) is 0. The summed E-state index contributed by atoms with van der Waals surface area (Å²) in [6.45, 7) is 47.7. The van der Waals surface area contributed by atoms with Gasteiger partial charge in [-0.15, -0.1) is 0 Å². The van der Waals surface area contributed by atoms with Gasteiger partial charge < -0.3 is 0 Å². The standard InChI is InChI=1S/3C6H18NSi2.CH3.Zr/c3*1-8(2,3)7-9(4,5)6;;/h3*1-6H3;1H3;/q3*-1;;+3. The van der Waals surface area contributed by atoms with Crippen molar-refractivity contribution in [1.82, 2.24) is 6.52 Å². The van der Waals surface area contributed by atoms with Gasteiger partial charge in [0.1, 0.15) is 0 Å². The van der Waals surface area contributed by atoms with E-state index < -0.39 is 70.6 Å². The predicted octanol–water partition coefficient (Wildman–Crippen LogP) is 7.85. The summed E-state index contributed by atoms with van der Waals surface area (Å²) < 4.78 is 13.0. The van der Waals surface area contributed by atoms with Crippen molar-refractivity contribution in [2.24, 2.45) is 0 Å². The Bertz CT molecular complexity index is 439. The van der Waals surface area contributed by atoms with E-state index in [4.69, 9.17) is 0 Å². The number of rotatable bonds is 9. The zero-order valence-corrected chi connectivity index (χ0v) is 32.3. The van der Waals surface area contributed by atoms with Crippen LogP contribution >= 0.6 is 0 Å². The molecule has 0 aliphatic rings. The first-order valence-electron chi connectivity index (χ1n) is 11.5. The van der Waals surface area contributed by atoms with Gasteiger partial charge in [0, 0.05) is 0 Å². The number of hydrogen-bond acceptors (Lipinski definition) is 3. The van der Waals surface area contributed by atoms with Gasteiger partial charge in [0.05, 0.1) is 0 Å². The molecule has 176 valence electrons. The van der Waals surface area contributed by atoms with E-state index in [0.717, 1.165) is 0 Å². The SMILES string of the molecule is C[Si](C)(C)[N]([Si](C)(C)C)[Zr]([CH3])([N]([Si](C)(C)C)[Si](C)(C)C)[N]([Si](C)(C)C)[Si](C)(C)C. The molecule has 0 saturated carbocycles. The average Bonchev–Trinajstić information content (AvgIpc) is 2.11. The fourth-order valence-electron chi connectivity index (χ4n) is 7.13. The Balaban J connectivity index is 7.70. The molecule has 0 aliphatic carbocycles. The van der Waals surface area contributed by atoms with Gasteiger partial charge in [0.2, 0.25) is 0 Å². The normalized spacial score (nSPS) is 16.3. The Kier molecular flexibility index (Phi) is 9.66. The van der Waals surface area contributed by atoms with E-state index in [9.17, 15) is 0 Å². The van der Waals surface area contributed by atoms with Gasteiger partial charge in [0.15, 0.2) is 0 Å². The third kappa shape index (κ3) is 7.53. The van der Waals surface area contributed by atoms with Crippen molar-refractivity contribution >= 4 is 49.4 Å². The van der Waals surface area contributed by atoms with E-state index in [1.54, 1.807) is 0 Å². The number of hydrogen-bond donors (Lipinski definition) is 0. The molecule has 10 heteroatoms. The fourth-order valence-corrected chi connectivity index (χ4v) is 111. The van der Waals surface area contributed by atoms with Gasteiger partial charge in [0.25, 0.3) is 0 Å². The van der Waals surface area contributed by atoms with Crippen LogP contribution in [0.4, 0.5) is 0 Å². The van der Waals surface area contributed by atoms with Crippen LogP contribution in [0, 0.1) is 0 Å². The zero-order valence-electron chi connectivity index (χ0n) is 23.8. The van der Waals surface area contributed by atoms with Crippen molar-refractivity contribution < 1.29 is 21.1 Å². The van der Waals surface area contributed by atoms with Gasteiger partial charge >= 0.3 is 200 Å². The van der Waals surface area contributed by atoms with E-state index in [1.165, 1.54) is 0 Å². The number of nitrogens with zero attached hydrogens (tertiary/aromatic N) is 3. The summed E-state index contributed by atoms with van der Waals surface area (Å²) >= 11 is -3.16. The van der Waals surface area contributed by atoms with Crippen molar-refractivity contribution in [2.75, 3.05) is 0 Å². The monoisotopic (exact) mass is 585 g/mol. The van der Waals surface area contributed by atoms with E-state index in [0.29, 0.717) is 0 Å². The molecule has 3 nitrogen and oxygen atoms in total. The molecule has 0 saturated heterocycles. The van der Waals surface area contributed by atoms with Crippen LogP contribution in [-0.2, 0) is 21.1 Å². The van der Waals surface area contributed by atoms with Crippen molar-refractivity contribution in [2.45, 2.75) is 122 Å². The average molecular weight is 587 g/mol. The third-order valence-corrected chi connectivity index (χ3v) is 76.4. The topological polar surface area (TPSA) is 9.72 Å². The van der Waals surface area contributed by atoms with Gasteiger partial charge in [-0.3, -0.25) is 0 Å². The van der Waals surface area contributed by atoms with Crippen LogP contribution < -0.4 is 0 Å². The van der Waals surface area contributed by atoms with E-state index in [-0.39, 0.29) is 0 Å². The molecule has 0 heterocycles. The van der Waals surface area contributed by atoms with Crippen LogP contribution in [0.25, 0.3) is 0 Å². The van der Waals surface area contributed by atoms with Crippen molar-refractivity contribution in [3.63, 3.8) is 0 Å². The maximum absolute atomic E-state index is 3.38. The minimum absolute atomic E-state index is 1.50. The van der Waals surface area contributed by atoms with Crippen LogP contribution in [0.3, 0.4) is 0 Å². The molecule has 0 unspecified atom stereocenters. The Morgan fingerprint density at radius 3 is 0.483 bits per heavy atom. The van der Waals surface area contributed by atoms with Crippen molar-refractivity contribution in [3.8, 4) is 0 Å². The molecule has 0 fully saturated rings. The molecule has 0 spiro atoms. The Hall–Kier alpha value is 2.06. The molecule has 0 aromatic carbocycles. The molecule has 0 atom stereocenters. The van der Waals surface area contributed by atoms with Crippen LogP contribution in [0.5, 0.6) is 0 Å². The second-order valence-electron chi connectivity index (χ2n) is 15.0. The molecule has 0 radical (unpaired) electrons. The second kappa shape index (κ2) is 9.02. The van der Waals surface area contributed by atoms with Crippen LogP contribution in [0.2, 0.25) is 122 Å². The van der Waals surface area contributed by atoms with Crippen molar-refractivity contribution in [1.29, 1.82) is 0 Å². The molecule has 0 aromatic rings. The summed E-state index contributed by atoms with van der Waals surface area (Å²) in [5.74, 6) is 0. The van der Waals surface area contributed by atoms with Gasteiger partial charge in [-0.05, 0) is 0 Å². The maximum atomic E-state index is 3.38. The minimum atomic E-state index is -3.16. The molecular weight excluding hydrogens is 530 g/mol. The van der Waals surface area contributed by atoms with Gasteiger partial charge in [-0.2, -0.15) is 0 Å². The molecule has 0 aliphatic heterocycles. The quantitative estimate of drug-likeness (QED) is 0.255. The third-order valence-electron chi connectivity index (χ3n) is 5.30. The second-order valence-corrected chi connectivity index (χ2v) is 59.7. The predicted molar refractivity (Wildman–Crippen MR) is 151 cm³/mol. The zero-order chi connectivity index (χ0) is 24.2. The Labute approximate surface area is 198 Å². The van der Waals surface area contributed by atoms with Gasteiger partial charge in [-0.25, -0.2) is 0 Å². The molecular formula is C19H57N3Si6Zr. The molecule has 0 aromatic heterocycles. The van der Waals surface area contributed by atoms with Gasteiger partial charge in [-0.1, -0.05) is 0 Å². The Morgan fingerprint density at radius 2 is 0.414 bits per heavy atom. The summed E-state index contributed by atoms with van der Waals surface area (Å²) in [4.78, 5) is 0. The molecule has 0 rings (SSSR count). The summed E-state index contributed by atoms with van der Waals surface area (Å²) in [5, 5.41) is 0. The first-order valence-corrected chi connectivity index (χ1v) is 38.0. The summed E-state index contributed by atoms with van der Waals surface area (Å²) in [6, 6.07) is 0. The molecule has 0 bridgehead atoms. The fraction of sp³-hybridized carbons (Fsp3) is 1.00. The van der Waals surface area contributed by atoms with E-state index in [1.807, 2.05) is 0 Å². The van der Waals surface area contributed by atoms with Crippen LogP contribution in [0.1, 0.15) is 0 Å². The van der Waals surface area contributed by atoms with Crippen LogP contribution in [0.15, 0.2) is 0 Å².